The van der Waals surface area contributed by atoms with Gasteiger partial charge in [-0.3, -0.25) is 0 Å². The van der Waals surface area contributed by atoms with Gasteiger partial charge in [-0.15, -0.1) is 0 Å². The molecule has 0 bridgehead atoms. The minimum absolute atomic E-state index is 0.0987. The van der Waals surface area contributed by atoms with Gasteiger partial charge in [-0.05, 0) is 4.98 Å². The molecule has 1 aliphatic rings. The normalized spacial score (nSPS) is 19.8. The molecule has 2 aromatic rings. The number of hydrogen-bond acceptors (Lipinski definition) is 2. The lowest BCUT2D eigenvalue weighted by Crippen LogP contribution is -2.30. The molecular formula is C8H6IN4S+. The number of aromatic nitrogens is 4. The Balaban J connectivity index is 2.49. The van der Waals surface area contributed by atoms with Crippen LogP contribution in [0.1, 0.15) is 0 Å². The maximum absolute atomic E-state index is 4.25. The van der Waals surface area contributed by atoms with Gasteiger partial charge in [0, 0.05) is 28.0 Å². The first kappa shape index (κ1) is 8.54. The Morgan fingerprint density at radius 3 is 3.21 bits per heavy atom. The van der Waals surface area contributed by atoms with Crippen molar-refractivity contribution in [2.75, 3.05) is 0 Å². The Kier molecular flexibility index (Phi) is 1.75. The minimum Gasteiger partial charge on any atom is -0.337 e. The highest BCUT2D eigenvalue weighted by Gasteiger charge is 2.25. The summed E-state index contributed by atoms with van der Waals surface area (Å²) in [4.78, 5) is 11.5. The van der Waals surface area contributed by atoms with E-state index >= 15 is 0 Å². The monoisotopic (exact) mass is 317 g/mol. The molecule has 0 aromatic carbocycles. The highest BCUT2D eigenvalue weighted by molar-refractivity contribution is 14.1. The molecule has 0 saturated heterocycles. The van der Waals surface area contributed by atoms with Crippen LogP contribution in [0.4, 0.5) is 0 Å². The van der Waals surface area contributed by atoms with Gasteiger partial charge in [0.05, 0.1) is 6.33 Å². The lowest BCUT2D eigenvalue weighted by Gasteiger charge is -1.95. The van der Waals surface area contributed by atoms with E-state index in [0.717, 1.165) is 19.9 Å². The smallest absolute Gasteiger partial charge is 0.296 e. The third kappa shape index (κ3) is 1.01. The van der Waals surface area contributed by atoms with Crippen molar-refractivity contribution in [3.05, 3.63) is 18.1 Å². The van der Waals surface area contributed by atoms with Crippen LogP contribution in [0.2, 0.25) is 0 Å². The van der Waals surface area contributed by atoms with Gasteiger partial charge < -0.3 is 4.98 Å². The van der Waals surface area contributed by atoms with E-state index in [0.29, 0.717) is 0 Å². The molecule has 3 heterocycles. The number of hydrogen-bond donors (Lipinski definition) is 1. The summed E-state index contributed by atoms with van der Waals surface area (Å²) in [5.74, 6) is 4.11. The molecule has 0 saturated carbocycles. The Morgan fingerprint density at radius 1 is 1.50 bits per heavy atom. The summed E-state index contributed by atoms with van der Waals surface area (Å²) in [5, 5.41) is 3.30. The van der Waals surface area contributed by atoms with E-state index < -0.39 is 0 Å². The van der Waals surface area contributed by atoms with Crippen LogP contribution in [0.5, 0.6) is 0 Å². The average molecular weight is 317 g/mol. The predicted molar refractivity (Wildman–Crippen MR) is 65.4 cm³/mol. The molecule has 70 valence electrons. The van der Waals surface area contributed by atoms with Gasteiger partial charge in [-0.25, -0.2) is 0 Å². The highest BCUT2D eigenvalue weighted by Crippen LogP contribution is 2.35. The molecule has 1 aliphatic heterocycles. The third-order valence-corrected chi connectivity index (χ3v) is 4.72. The molecule has 1 unspecified atom stereocenters. The van der Waals surface area contributed by atoms with Crippen molar-refractivity contribution in [3.8, 4) is 0 Å². The Morgan fingerprint density at radius 2 is 2.36 bits per heavy atom. The van der Waals surface area contributed by atoms with Gasteiger partial charge in [0.25, 0.3) is 12.0 Å². The molecule has 6 heteroatoms. The van der Waals surface area contributed by atoms with Crippen molar-refractivity contribution in [2.24, 2.45) is 0 Å². The van der Waals surface area contributed by atoms with Crippen molar-refractivity contribution in [1.82, 2.24) is 15.0 Å². The zero-order valence-corrected chi connectivity index (χ0v) is 10.0. The summed E-state index contributed by atoms with van der Waals surface area (Å²) in [5.41, 5.74) is 1.76. The average Bonchev–Trinajstić information content (AvgIpc) is 2.71. The lowest BCUT2D eigenvalue weighted by atomic mass is 10.5. The summed E-state index contributed by atoms with van der Waals surface area (Å²) < 4.78 is 3.21. The Labute approximate surface area is 96.1 Å². The number of nitrogens with zero attached hydrogens (tertiary/aromatic N) is 3. The largest absolute Gasteiger partial charge is 0.337 e. The fraction of sp³-hybridized carbons (Fsp3) is 0. The highest BCUT2D eigenvalue weighted by atomic mass is 127. The first-order valence-electron chi connectivity index (χ1n) is 3.91. The van der Waals surface area contributed by atoms with Crippen LogP contribution in [0.25, 0.3) is 14.9 Å². The molecule has 1 atom stereocenters. The van der Waals surface area contributed by atoms with Crippen LogP contribution in [-0.4, -0.2) is 20.8 Å². The fourth-order valence-electron chi connectivity index (χ4n) is 1.47. The Hall–Kier alpha value is -0.760. The molecule has 0 radical (unpaired) electrons. The maximum atomic E-state index is 4.25. The third-order valence-electron chi connectivity index (χ3n) is 2.07. The molecule has 3 rings (SSSR count). The maximum Gasteiger partial charge on any atom is 0.296 e. The molecule has 14 heavy (non-hydrogen) atoms. The number of aromatic amines is 1. The van der Waals surface area contributed by atoms with Crippen LogP contribution in [-0.2, 0) is 0 Å². The van der Waals surface area contributed by atoms with E-state index in [2.05, 4.69) is 53.4 Å². The van der Waals surface area contributed by atoms with Crippen molar-refractivity contribution in [3.63, 3.8) is 0 Å². The van der Waals surface area contributed by atoms with E-state index in [1.54, 1.807) is 12.7 Å². The minimum atomic E-state index is -0.0987. The summed E-state index contributed by atoms with van der Waals surface area (Å²) in [6.07, 6.45) is 3.47. The van der Waals surface area contributed by atoms with Gasteiger partial charge in [-0.1, -0.05) is 16.4 Å². The van der Waals surface area contributed by atoms with Crippen LogP contribution in [0.3, 0.4) is 0 Å². The van der Waals surface area contributed by atoms with Crippen molar-refractivity contribution < 1.29 is 4.57 Å². The van der Waals surface area contributed by atoms with Gasteiger partial charge in [0.15, 0.2) is 14.2 Å². The van der Waals surface area contributed by atoms with E-state index in [9.17, 15) is 0 Å². The molecule has 2 aromatic heterocycles. The second-order valence-electron chi connectivity index (χ2n) is 2.89. The van der Waals surface area contributed by atoms with E-state index in [-0.39, 0.29) is 10.5 Å². The summed E-state index contributed by atoms with van der Waals surface area (Å²) >= 11 is 2.29. The first-order valence-corrected chi connectivity index (χ1v) is 6.45. The fourth-order valence-corrected chi connectivity index (χ4v) is 4.19. The van der Waals surface area contributed by atoms with Gasteiger partial charge in [0.1, 0.15) is 0 Å². The van der Waals surface area contributed by atoms with Crippen LogP contribution in [0.15, 0.2) is 23.1 Å². The van der Waals surface area contributed by atoms with Crippen molar-refractivity contribution >= 4 is 53.8 Å². The van der Waals surface area contributed by atoms with Crippen LogP contribution >= 0.6 is 33.1 Å². The number of H-pyrrole nitrogens is 1. The van der Waals surface area contributed by atoms with Crippen molar-refractivity contribution in [1.29, 1.82) is 0 Å². The summed E-state index contributed by atoms with van der Waals surface area (Å²) in [6.45, 7) is 0. The number of fused-ring (bicyclic) bond motifs is 3. The number of imidazole rings is 1. The SMILES string of the molecule is C=S1C=C(I)[n+]2cnc3nc[nH]c3c21. The lowest BCUT2D eigenvalue weighted by molar-refractivity contribution is -0.611. The number of rotatable bonds is 0. The first-order chi connectivity index (χ1) is 6.77. The quantitative estimate of drug-likeness (QED) is 0.346. The molecule has 1 N–H and O–H groups in total. The van der Waals surface area contributed by atoms with Crippen molar-refractivity contribution in [2.45, 2.75) is 5.03 Å². The molecule has 0 aliphatic carbocycles. The van der Waals surface area contributed by atoms with Gasteiger partial charge >= 0.3 is 0 Å². The summed E-state index contributed by atoms with van der Waals surface area (Å²) in [7, 11) is -0.0987. The molecule has 0 fully saturated rings. The standard InChI is InChI=1S/C8H5IN4S/c1-14-2-5(9)13-4-12-7-6(8(13)14)10-3-11-7/h2-4H,1H2/p+1. The second kappa shape index (κ2) is 2.86. The van der Waals surface area contributed by atoms with Gasteiger partial charge in [-0.2, -0.15) is 9.55 Å². The van der Waals surface area contributed by atoms with Crippen LogP contribution in [0, 0.1) is 0 Å². The summed E-state index contributed by atoms with van der Waals surface area (Å²) in [6, 6.07) is 0. The second-order valence-corrected chi connectivity index (χ2v) is 5.48. The molecular weight excluding hydrogens is 311 g/mol. The van der Waals surface area contributed by atoms with Crippen LogP contribution < -0.4 is 4.57 Å². The number of nitrogens with one attached hydrogen (secondary N) is 1. The van der Waals surface area contributed by atoms with Gasteiger partial charge in [0.2, 0.25) is 0 Å². The van der Waals surface area contributed by atoms with E-state index in [1.807, 2.05) is 0 Å². The zero-order chi connectivity index (χ0) is 9.71. The number of halogens is 1. The Bertz CT molecular complexity index is 586. The molecule has 0 spiro atoms. The predicted octanol–water partition coefficient (Wildman–Crippen LogP) is 1.51. The van der Waals surface area contributed by atoms with E-state index in [1.165, 1.54) is 0 Å². The molecule has 0 amide bonds. The molecule has 4 nitrogen and oxygen atoms in total. The van der Waals surface area contributed by atoms with E-state index in [4.69, 9.17) is 0 Å². The zero-order valence-electron chi connectivity index (χ0n) is 7.07. The topological polar surface area (TPSA) is 45.5 Å².